The predicted octanol–water partition coefficient (Wildman–Crippen LogP) is 3.83. The third-order valence-corrected chi connectivity index (χ3v) is 2.64. The second-order valence-corrected chi connectivity index (χ2v) is 3.89. The molecule has 0 radical (unpaired) electrons. The molecular weight excluding hydrogens is 214 g/mol. The fraction of sp³-hybridized carbons (Fsp3) is 0.429. The van der Waals surface area contributed by atoms with Crippen molar-refractivity contribution < 1.29 is 9.53 Å². The van der Waals surface area contributed by atoms with Crippen LogP contribution in [-0.2, 0) is 11.3 Å². The highest BCUT2D eigenvalue weighted by Crippen LogP contribution is 2.05. The number of rotatable bonds is 5. The van der Waals surface area contributed by atoms with E-state index < -0.39 is 6.09 Å². The minimum absolute atomic E-state index is 0.278. The minimum atomic E-state index is -0.513. The van der Waals surface area contributed by atoms with Crippen LogP contribution in [0.2, 0.25) is 0 Å². The minimum Gasteiger partial charge on any atom is -0.443 e. The number of ether oxygens (including phenoxy) is 1. The molecule has 0 saturated carbocycles. The van der Waals surface area contributed by atoms with Gasteiger partial charge >= 0.3 is 6.09 Å². The molecule has 0 aliphatic carbocycles. The summed E-state index contributed by atoms with van der Waals surface area (Å²) in [6, 6.07) is 9.58. The van der Waals surface area contributed by atoms with E-state index in [1.807, 2.05) is 30.3 Å². The zero-order valence-electron chi connectivity index (χ0n) is 10.4. The number of hydrogen-bond donors (Lipinski definition) is 0. The molecule has 0 saturated heterocycles. The topological polar surface area (TPSA) is 38.7 Å². The monoisotopic (exact) mass is 233 g/mol. The Morgan fingerprint density at radius 3 is 2.53 bits per heavy atom. The van der Waals surface area contributed by atoms with Crippen molar-refractivity contribution in [2.45, 2.75) is 33.3 Å². The lowest BCUT2D eigenvalue weighted by molar-refractivity contribution is 0.151. The Bertz CT molecular complexity index is 356. The predicted molar refractivity (Wildman–Crippen MR) is 69.2 cm³/mol. The van der Waals surface area contributed by atoms with Gasteiger partial charge < -0.3 is 4.74 Å². The summed E-state index contributed by atoms with van der Waals surface area (Å²) in [4.78, 5) is 15.1. The van der Waals surface area contributed by atoms with Crippen LogP contribution in [0.3, 0.4) is 0 Å². The van der Waals surface area contributed by atoms with Crippen LogP contribution in [0.25, 0.3) is 0 Å². The number of amides is 1. The van der Waals surface area contributed by atoms with Gasteiger partial charge in [-0.2, -0.15) is 4.99 Å². The number of hydrogen-bond acceptors (Lipinski definition) is 2. The lowest BCUT2D eigenvalue weighted by atomic mass is 10.1. The van der Waals surface area contributed by atoms with Crippen LogP contribution in [0, 0.1) is 5.92 Å². The van der Waals surface area contributed by atoms with Crippen molar-refractivity contribution in [2.24, 2.45) is 10.9 Å². The van der Waals surface area contributed by atoms with Gasteiger partial charge in [0.2, 0.25) is 0 Å². The molecule has 1 aromatic carbocycles. The van der Waals surface area contributed by atoms with Crippen molar-refractivity contribution in [3.05, 3.63) is 35.9 Å². The van der Waals surface area contributed by atoms with E-state index in [9.17, 15) is 4.79 Å². The van der Waals surface area contributed by atoms with Crippen LogP contribution in [0.1, 0.15) is 32.3 Å². The Labute approximate surface area is 103 Å². The molecule has 0 unspecified atom stereocenters. The van der Waals surface area contributed by atoms with Gasteiger partial charge in [0.25, 0.3) is 0 Å². The van der Waals surface area contributed by atoms with Crippen LogP contribution >= 0.6 is 0 Å². The Morgan fingerprint density at radius 1 is 1.29 bits per heavy atom. The van der Waals surface area contributed by atoms with Gasteiger partial charge in [-0.25, -0.2) is 4.79 Å². The number of nitrogens with zero attached hydrogens (tertiary/aromatic N) is 1. The van der Waals surface area contributed by atoms with Crippen LogP contribution in [0.4, 0.5) is 4.79 Å². The largest absolute Gasteiger partial charge is 0.443 e. The molecule has 1 aromatic rings. The fourth-order valence-electron chi connectivity index (χ4n) is 1.42. The molecule has 1 rings (SSSR count). The van der Waals surface area contributed by atoms with Gasteiger partial charge in [0.15, 0.2) is 0 Å². The summed E-state index contributed by atoms with van der Waals surface area (Å²) in [5.41, 5.74) is 0.971. The van der Waals surface area contributed by atoms with Crippen LogP contribution < -0.4 is 0 Å². The van der Waals surface area contributed by atoms with Gasteiger partial charge in [-0.15, -0.1) is 0 Å². The lowest BCUT2D eigenvalue weighted by Gasteiger charge is -2.04. The van der Waals surface area contributed by atoms with Crippen LogP contribution in [0.15, 0.2) is 35.3 Å². The normalized spacial score (nSPS) is 11.0. The van der Waals surface area contributed by atoms with E-state index in [1.165, 1.54) is 0 Å². The smallest absolute Gasteiger partial charge is 0.433 e. The number of carbonyl (C=O) groups is 1. The molecule has 17 heavy (non-hydrogen) atoms. The van der Waals surface area contributed by atoms with Gasteiger partial charge in [-0.05, 0) is 24.3 Å². The molecule has 0 aromatic heterocycles. The molecule has 1 amide bonds. The van der Waals surface area contributed by atoms with E-state index in [4.69, 9.17) is 4.74 Å². The van der Waals surface area contributed by atoms with Crippen molar-refractivity contribution in [1.29, 1.82) is 0 Å². The van der Waals surface area contributed by atoms with Crippen molar-refractivity contribution in [2.75, 3.05) is 0 Å². The lowest BCUT2D eigenvalue weighted by Crippen LogP contribution is -2.03. The molecule has 0 fully saturated rings. The number of aliphatic imine (C=N–C) groups is 1. The summed E-state index contributed by atoms with van der Waals surface area (Å²) >= 11 is 0. The van der Waals surface area contributed by atoms with Gasteiger partial charge in [0.05, 0.1) is 0 Å². The highest BCUT2D eigenvalue weighted by molar-refractivity contribution is 5.80. The van der Waals surface area contributed by atoms with E-state index in [0.717, 1.165) is 18.4 Å². The van der Waals surface area contributed by atoms with Crippen molar-refractivity contribution in [3.8, 4) is 0 Å². The second kappa shape index (κ2) is 7.60. The quantitative estimate of drug-likeness (QED) is 0.725. The second-order valence-electron chi connectivity index (χ2n) is 3.89. The van der Waals surface area contributed by atoms with Gasteiger partial charge in [0.1, 0.15) is 6.61 Å². The van der Waals surface area contributed by atoms with E-state index >= 15 is 0 Å². The molecule has 92 valence electrons. The summed E-state index contributed by atoms with van der Waals surface area (Å²) in [7, 11) is 0. The highest BCUT2D eigenvalue weighted by Gasteiger charge is 2.02. The first kappa shape index (κ1) is 13.4. The van der Waals surface area contributed by atoms with Crippen LogP contribution in [-0.4, -0.2) is 12.3 Å². The third kappa shape index (κ3) is 5.29. The Kier molecular flexibility index (Phi) is 6.00. The standard InChI is InChI=1S/C14H19NO2/c1-3-12(4-2)10-15-14(16)17-11-13-8-6-5-7-9-13/h5-10,12H,3-4,11H2,1-2H3. The van der Waals surface area contributed by atoms with Gasteiger partial charge in [0, 0.05) is 6.21 Å². The van der Waals surface area contributed by atoms with Gasteiger partial charge in [-0.1, -0.05) is 44.2 Å². The summed E-state index contributed by atoms with van der Waals surface area (Å²) in [6.07, 6.45) is 3.16. The molecule has 0 bridgehead atoms. The Hall–Kier alpha value is -1.64. The van der Waals surface area contributed by atoms with E-state index in [-0.39, 0.29) is 6.61 Å². The zero-order valence-corrected chi connectivity index (χ0v) is 10.4. The van der Waals surface area contributed by atoms with Crippen LogP contribution in [0.5, 0.6) is 0 Å². The average Bonchev–Trinajstić information content (AvgIpc) is 2.39. The first-order valence-corrected chi connectivity index (χ1v) is 6.01. The summed E-state index contributed by atoms with van der Waals surface area (Å²) in [5.74, 6) is 0.360. The molecule has 0 aliphatic rings. The molecule has 0 spiro atoms. The van der Waals surface area contributed by atoms with E-state index in [1.54, 1.807) is 6.21 Å². The van der Waals surface area contributed by atoms with Crippen molar-refractivity contribution >= 4 is 12.3 Å². The van der Waals surface area contributed by atoms with Gasteiger partial charge in [-0.3, -0.25) is 0 Å². The van der Waals surface area contributed by atoms with E-state index in [2.05, 4.69) is 18.8 Å². The zero-order chi connectivity index (χ0) is 12.5. The number of carbonyl (C=O) groups excluding carboxylic acids is 1. The maximum absolute atomic E-state index is 11.3. The molecule has 0 atom stereocenters. The first-order chi connectivity index (χ1) is 8.26. The molecule has 0 aliphatic heterocycles. The maximum Gasteiger partial charge on any atom is 0.433 e. The molecule has 0 N–H and O–H groups in total. The summed E-state index contributed by atoms with van der Waals surface area (Å²) in [6.45, 7) is 4.44. The Balaban J connectivity index is 2.35. The first-order valence-electron chi connectivity index (χ1n) is 6.01. The SMILES string of the molecule is CCC(C=NC(=O)OCc1ccccc1)CC. The highest BCUT2D eigenvalue weighted by atomic mass is 16.5. The molecule has 3 heteroatoms. The molecule has 0 heterocycles. The van der Waals surface area contributed by atoms with Crippen molar-refractivity contribution in [3.63, 3.8) is 0 Å². The fourth-order valence-corrected chi connectivity index (χ4v) is 1.42. The third-order valence-electron chi connectivity index (χ3n) is 2.64. The summed E-state index contributed by atoms with van der Waals surface area (Å²) < 4.78 is 5.03. The Morgan fingerprint density at radius 2 is 1.94 bits per heavy atom. The van der Waals surface area contributed by atoms with Crippen molar-refractivity contribution in [1.82, 2.24) is 0 Å². The maximum atomic E-state index is 11.3. The average molecular weight is 233 g/mol. The summed E-state index contributed by atoms with van der Waals surface area (Å²) in [5, 5.41) is 0. The molecular formula is C14H19NO2. The number of benzene rings is 1. The molecule has 3 nitrogen and oxygen atoms in total. The van der Waals surface area contributed by atoms with E-state index in [0.29, 0.717) is 5.92 Å².